The quantitative estimate of drug-likeness (QED) is 0.691. The summed E-state index contributed by atoms with van der Waals surface area (Å²) in [4.78, 5) is 19.0. The fraction of sp³-hybridized carbons (Fsp3) is 0.353. The SMILES string of the molecule is Cc1nsc(-c2nnc3n2CCCN(C(=O)c2ccc(F)cc2)C3C)n1. The number of halogens is 1. The van der Waals surface area contributed by atoms with E-state index in [1.807, 2.05) is 18.4 Å². The summed E-state index contributed by atoms with van der Waals surface area (Å²) >= 11 is 1.29. The molecule has 0 N–H and O–H groups in total. The first-order valence-electron chi connectivity index (χ1n) is 8.35. The van der Waals surface area contributed by atoms with Gasteiger partial charge in [-0.05, 0) is 56.1 Å². The molecule has 1 aliphatic heterocycles. The third-order valence-electron chi connectivity index (χ3n) is 4.47. The lowest BCUT2D eigenvalue weighted by molar-refractivity contribution is 0.0690. The van der Waals surface area contributed by atoms with Crippen LogP contribution in [0.15, 0.2) is 24.3 Å². The molecule has 3 heterocycles. The molecule has 7 nitrogen and oxygen atoms in total. The molecule has 4 rings (SSSR count). The number of rotatable bonds is 2. The van der Waals surface area contributed by atoms with E-state index >= 15 is 0 Å². The third kappa shape index (κ3) is 2.88. The van der Waals surface area contributed by atoms with Crippen molar-refractivity contribution in [2.75, 3.05) is 6.54 Å². The van der Waals surface area contributed by atoms with Crippen molar-refractivity contribution in [1.82, 2.24) is 29.0 Å². The van der Waals surface area contributed by atoms with Gasteiger partial charge in [0, 0.05) is 18.7 Å². The predicted octanol–water partition coefficient (Wildman–Crippen LogP) is 2.85. The van der Waals surface area contributed by atoms with E-state index in [2.05, 4.69) is 19.6 Å². The Balaban J connectivity index is 1.67. The molecular formula is C17H17FN6OS. The van der Waals surface area contributed by atoms with Crippen LogP contribution < -0.4 is 0 Å². The van der Waals surface area contributed by atoms with Crippen LogP contribution in [0.5, 0.6) is 0 Å². The van der Waals surface area contributed by atoms with E-state index in [4.69, 9.17) is 0 Å². The summed E-state index contributed by atoms with van der Waals surface area (Å²) < 4.78 is 19.4. The summed E-state index contributed by atoms with van der Waals surface area (Å²) in [6.45, 7) is 5.07. The average Bonchev–Trinajstić information content (AvgIpc) is 3.20. The minimum Gasteiger partial charge on any atom is -0.329 e. The molecule has 2 aromatic heterocycles. The van der Waals surface area contributed by atoms with Crippen LogP contribution in [0.1, 0.15) is 41.4 Å². The van der Waals surface area contributed by atoms with Gasteiger partial charge in [-0.2, -0.15) is 4.37 Å². The van der Waals surface area contributed by atoms with E-state index in [-0.39, 0.29) is 17.8 Å². The zero-order chi connectivity index (χ0) is 18.3. The molecule has 26 heavy (non-hydrogen) atoms. The summed E-state index contributed by atoms with van der Waals surface area (Å²) in [5.74, 6) is 1.62. The van der Waals surface area contributed by atoms with Crippen LogP contribution >= 0.6 is 11.5 Å². The van der Waals surface area contributed by atoms with Gasteiger partial charge in [-0.15, -0.1) is 10.2 Å². The van der Waals surface area contributed by atoms with Crippen molar-refractivity contribution < 1.29 is 9.18 Å². The van der Waals surface area contributed by atoms with E-state index < -0.39 is 0 Å². The van der Waals surface area contributed by atoms with Gasteiger partial charge in [0.05, 0.1) is 6.04 Å². The number of hydrogen-bond donors (Lipinski definition) is 0. The summed E-state index contributed by atoms with van der Waals surface area (Å²) in [6, 6.07) is 5.37. The molecule has 1 amide bonds. The lowest BCUT2D eigenvalue weighted by atomic mass is 10.1. The van der Waals surface area contributed by atoms with Crippen molar-refractivity contribution in [3.8, 4) is 10.8 Å². The molecule has 0 radical (unpaired) electrons. The normalized spacial score (nSPS) is 17.0. The number of aryl methyl sites for hydroxylation is 1. The van der Waals surface area contributed by atoms with Gasteiger partial charge in [-0.25, -0.2) is 9.37 Å². The van der Waals surface area contributed by atoms with Crippen molar-refractivity contribution >= 4 is 17.4 Å². The molecule has 0 saturated carbocycles. The molecule has 0 spiro atoms. The van der Waals surface area contributed by atoms with Crippen molar-refractivity contribution in [3.05, 3.63) is 47.3 Å². The minimum absolute atomic E-state index is 0.137. The minimum atomic E-state index is -0.359. The molecular weight excluding hydrogens is 355 g/mol. The van der Waals surface area contributed by atoms with Gasteiger partial charge in [0.25, 0.3) is 5.91 Å². The van der Waals surface area contributed by atoms with E-state index in [1.54, 1.807) is 4.90 Å². The van der Waals surface area contributed by atoms with Gasteiger partial charge in [0.1, 0.15) is 11.6 Å². The summed E-state index contributed by atoms with van der Waals surface area (Å²) in [6.07, 6.45) is 0.771. The fourth-order valence-corrected chi connectivity index (χ4v) is 3.82. The summed E-state index contributed by atoms with van der Waals surface area (Å²) in [7, 11) is 0. The van der Waals surface area contributed by atoms with Gasteiger partial charge in [0.15, 0.2) is 16.7 Å². The number of nitrogens with zero attached hydrogens (tertiary/aromatic N) is 6. The van der Waals surface area contributed by atoms with E-state index in [9.17, 15) is 9.18 Å². The number of aromatic nitrogens is 5. The topological polar surface area (TPSA) is 76.8 Å². The highest BCUT2D eigenvalue weighted by molar-refractivity contribution is 7.09. The van der Waals surface area contributed by atoms with Gasteiger partial charge in [-0.3, -0.25) is 4.79 Å². The highest BCUT2D eigenvalue weighted by Crippen LogP contribution is 2.29. The number of amides is 1. The second kappa shape index (κ2) is 6.56. The maximum absolute atomic E-state index is 13.1. The summed E-state index contributed by atoms with van der Waals surface area (Å²) in [5, 5.41) is 9.34. The Morgan fingerprint density at radius 3 is 2.69 bits per heavy atom. The monoisotopic (exact) mass is 372 g/mol. The molecule has 1 aliphatic rings. The standard InChI is InChI=1S/C17H17FN6OS/c1-10-14-20-21-15(16-19-11(2)22-26-16)24(14)9-3-8-23(10)17(25)12-4-6-13(18)7-5-12/h4-7,10H,3,8-9H2,1-2H3. The lowest BCUT2D eigenvalue weighted by Gasteiger charge is -2.26. The highest BCUT2D eigenvalue weighted by Gasteiger charge is 2.31. The van der Waals surface area contributed by atoms with E-state index in [1.165, 1.54) is 35.8 Å². The average molecular weight is 372 g/mol. The van der Waals surface area contributed by atoms with Gasteiger partial charge in [0.2, 0.25) is 0 Å². The first-order chi connectivity index (χ1) is 12.5. The smallest absolute Gasteiger partial charge is 0.254 e. The number of fused-ring (bicyclic) bond motifs is 1. The molecule has 134 valence electrons. The lowest BCUT2D eigenvalue weighted by Crippen LogP contribution is -2.34. The van der Waals surface area contributed by atoms with Crippen molar-refractivity contribution in [2.45, 2.75) is 32.9 Å². The maximum Gasteiger partial charge on any atom is 0.254 e. The second-order valence-electron chi connectivity index (χ2n) is 6.22. The Labute approximate surface area is 153 Å². The molecule has 1 aromatic carbocycles. The van der Waals surface area contributed by atoms with Crippen LogP contribution in [0.3, 0.4) is 0 Å². The summed E-state index contributed by atoms with van der Waals surface area (Å²) in [5.41, 5.74) is 0.464. The third-order valence-corrected chi connectivity index (χ3v) is 5.27. The molecule has 1 unspecified atom stereocenters. The largest absolute Gasteiger partial charge is 0.329 e. The molecule has 0 saturated heterocycles. The molecule has 0 bridgehead atoms. The zero-order valence-corrected chi connectivity index (χ0v) is 15.2. The van der Waals surface area contributed by atoms with Crippen molar-refractivity contribution in [3.63, 3.8) is 0 Å². The Bertz CT molecular complexity index is 951. The Kier molecular flexibility index (Phi) is 4.23. The van der Waals surface area contributed by atoms with Crippen molar-refractivity contribution in [1.29, 1.82) is 0 Å². The van der Waals surface area contributed by atoms with Crippen LogP contribution in [-0.2, 0) is 6.54 Å². The van der Waals surface area contributed by atoms with Crippen LogP contribution in [0.4, 0.5) is 4.39 Å². The van der Waals surface area contributed by atoms with Gasteiger partial charge < -0.3 is 9.47 Å². The first kappa shape index (κ1) is 16.8. The molecule has 3 aromatic rings. The predicted molar refractivity (Wildman–Crippen MR) is 94.1 cm³/mol. The van der Waals surface area contributed by atoms with Crippen molar-refractivity contribution in [2.24, 2.45) is 0 Å². The Morgan fingerprint density at radius 2 is 2.00 bits per heavy atom. The van der Waals surface area contributed by atoms with E-state index in [0.29, 0.717) is 30.3 Å². The second-order valence-corrected chi connectivity index (χ2v) is 6.97. The molecule has 0 aliphatic carbocycles. The van der Waals surface area contributed by atoms with Crippen LogP contribution in [-0.4, -0.2) is 41.5 Å². The van der Waals surface area contributed by atoms with E-state index in [0.717, 1.165) is 17.3 Å². The molecule has 1 atom stereocenters. The van der Waals surface area contributed by atoms with Crippen LogP contribution in [0, 0.1) is 12.7 Å². The first-order valence-corrected chi connectivity index (χ1v) is 9.12. The number of benzene rings is 1. The molecule has 9 heteroatoms. The number of carbonyl (C=O) groups is 1. The molecule has 0 fully saturated rings. The highest BCUT2D eigenvalue weighted by atomic mass is 32.1. The Morgan fingerprint density at radius 1 is 1.23 bits per heavy atom. The fourth-order valence-electron chi connectivity index (χ4n) is 3.16. The Hall–Kier alpha value is -2.68. The number of carbonyl (C=O) groups excluding carboxylic acids is 1. The van der Waals surface area contributed by atoms with Crippen LogP contribution in [0.2, 0.25) is 0 Å². The van der Waals surface area contributed by atoms with Gasteiger partial charge >= 0.3 is 0 Å². The zero-order valence-electron chi connectivity index (χ0n) is 14.4. The van der Waals surface area contributed by atoms with Gasteiger partial charge in [-0.1, -0.05) is 0 Å². The van der Waals surface area contributed by atoms with Crippen LogP contribution in [0.25, 0.3) is 10.8 Å². The number of hydrogen-bond acceptors (Lipinski definition) is 6. The maximum atomic E-state index is 13.1.